The number of hydrogen-bond acceptors (Lipinski definition) is 2. The molecule has 0 radical (unpaired) electrons. The first-order chi connectivity index (χ1) is 6.59. The summed E-state index contributed by atoms with van der Waals surface area (Å²) in [5, 5.41) is 8.74. The third-order valence-electron chi connectivity index (χ3n) is 3.44. The van der Waals surface area contributed by atoms with Crippen LogP contribution in [0.1, 0.15) is 19.8 Å². The van der Waals surface area contributed by atoms with Gasteiger partial charge in [-0.3, -0.25) is 9.59 Å². The highest BCUT2D eigenvalue weighted by molar-refractivity contribution is 5.99. The second kappa shape index (κ2) is 3.23. The van der Waals surface area contributed by atoms with Crippen molar-refractivity contribution in [1.29, 1.82) is 0 Å². The lowest BCUT2D eigenvalue weighted by Crippen LogP contribution is -2.29. The fourth-order valence-electron chi connectivity index (χ4n) is 2.55. The maximum absolute atomic E-state index is 11.8. The lowest BCUT2D eigenvalue weighted by atomic mass is 9.84. The van der Waals surface area contributed by atoms with E-state index in [0.717, 1.165) is 12.8 Å². The van der Waals surface area contributed by atoms with Crippen molar-refractivity contribution in [2.75, 3.05) is 0 Å². The second-order valence-electron chi connectivity index (χ2n) is 4.35. The number of hydrogen-bond donors (Lipinski definition) is 1. The Bertz CT molecular complexity index is 306. The monoisotopic (exact) mass is 194 g/mol. The minimum Gasteiger partial charge on any atom is -0.481 e. The Labute approximate surface area is 82.8 Å². The number of allylic oxidation sites excluding steroid dienone is 2. The molecule has 3 nitrogen and oxygen atoms in total. The molecule has 2 aliphatic carbocycles. The lowest BCUT2D eigenvalue weighted by molar-refractivity contribution is -0.147. The summed E-state index contributed by atoms with van der Waals surface area (Å²) in [4.78, 5) is 22.4. The molecule has 1 saturated carbocycles. The van der Waals surface area contributed by atoms with Crippen molar-refractivity contribution in [3.8, 4) is 0 Å². The second-order valence-corrected chi connectivity index (χ2v) is 4.35. The SMILES string of the molecule is CC(C(=O)O)C(=O)C1CC2C=CC1C2. The first-order valence-corrected chi connectivity index (χ1v) is 5.04. The Hall–Kier alpha value is -1.12. The topological polar surface area (TPSA) is 54.4 Å². The molecular formula is C11H14O3. The number of ketones is 1. The van der Waals surface area contributed by atoms with Gasteiger partial charge in [-0.1, -0.05) is 12.2 Å². The van der Waals surface area contributed by atoms with Gasteiger partial charge in [0.25, 0.3) is 0 Å². The van der Waals surface area contributed by atoms with E-state index in [0.29, 0.717) is 11.8 Å². The predicted octanol–water partition coefficient (Wildman–Crippen LogP) is 1.49. The van der Waals surface area contributed by atoms with Crippen molar-refractivity contribution in [3.63, 3.8) is 0 Å². The summed E-state index contributed by atoms with van der Waals surface area (Å²) in [5.74, 6) is -1.12. The van der Waals surface area contributed by atoms with Gasteiger partial charge in [-0.2, -0.15) is 0 Å². The van der Waals surface area contributed by atoms with Crippen LogP contribution in [0.3, 0.4) is 0 Å². The van der Waals surface area contributed by atoms with Crippen molar-refractivity contribution in [2.45, 2.75) is 19.8 Å². The zero-order valence-corrected chi connectivity index (χ0v) is 8.14. The highest BCUT2D eigenvalue weighted by Crippen LogP contribution is 2.44. The summed E-state index contributed by atoms with van der Waals surface area (Å²) in [6.07, 6.45) is 6.13. The molecule has 14 heavy (non-hydrogen) atoms. The van der Waals surface area contributed by atoms with Crippen molar-refractivity contribution in [2.24, 2.45) is 23.7 Å². The van der Waals surface area contributed by atoms with Gasteiger partial charge < -0.3 is 5.11 Å². The molecule has 2 bridgehead atoms. The smallest absolute Gasteiger partial charge is 0.313 e. The van der Waals surface area contributed by atoms with E-state index in [9.17, 15) is 9.59 Å². The highest BCUT2D eigenvalue weighted by Gasteiger charge is 2.42. The van der Waals surface area contributed by atoms with Crippen molar-refractivity contribution >= 4 is 11.8 Å². The van der Waals surface area contributed by atoms with Crippen molar-refractivity contribution < 1.29 is 14.7 Å². The van der Waals surface area contributed by atoms with Crippen LogP contribution in [0.4, 0.5) is 0 Å². The summed E-state index contributed by atoms with van der Waals surface area (Å²) in [6, 6.07) is 0. The van der Waals surface area contributed by atoms with Crippen LogP contribution in [0.5, 0.6) is 0 Å². The van der Waals surface area contributed by atoms with Gasteiger partial charge in [-0.15, -0.1) is 0 Å². The normalized spacial score (nSPS) is 35.9. The molecule has 0 aliphatic heterocycles. The summed E-state index contributed by atoms with van der Waals surface area (Å²) < 4.78 is 0. The number of carbonyl (C=O) groups is 2. The Morgan fingerprint density at radius 1 is 1.36 bits per heavy atom. The van der Waals surface area contributed by atoms with Crippen LogP contribution in [0.2, 0.25) is 0 Å². The zero-order chi connectivity index (χ0) is 10.3. The molecule has 2 rings (SSSR count). The van der Waals surface area contributed by atoms with Crippen LogP contribution >= 0.6 is 0 Å². The number of aliphatic carboxylic acids is 1. The third-order valence-corrected chi connectivity index (χ3v) is 3.44. The van der Waals surface area contributed by atoms with E-state index in [-0.39, 0.29) is 11.7 Å². The van der Waals surface area contributed by atoms with E-state index >= 15 is 0 Å². The van der Waals surface area contributed by atoms with Crippen LogP contribution in [0.25, 0.3) is 0 Å². The third kappa shape index (κ3) is 1.37. The quantitative estimate of drug-likeness (QED) is 0.547. The zero-order valence-electron chi connectivity index (χ0n) is 8.14. The van der Waals surface area contributed by atoms with Crippen LogP contribution in [-0.4, -0.2) is 16.9 Å². The lowest BCUT2D eigenvalue weighted by Gasteiger charge is -2.18. The van der Waals surface area contributed by atoms with Gasteiger partial charge in [0.05, 0.1) is 0 Å². The van der Waals surface area contributed by atoms with E-state index in [1.165, 1.54) is 6.92 Å². The molecule has 0 aromatic heterocycles. The molecule has 3 heteroatoms. The molecule has 0 amide bonds. The molecule has 0 saturated heterocycles. The molecule has 1 fully saturated rings. The van der Waals surface area contributed by atoms with Gasteiger partial charge in [-0.05, 0) is 31.6 Å². The maximum Gasteiger partial charge on any atom is 0.313 e. The van der Waals surface area contributed by atoms with Gasteiger partial charge in [0.15, 0.2) is 0 Å². The van der Waals surface area contributed by atoms with E-state index in [1.807, 2.05) is 0 Å². The van der Waals surface area contributed by atoms with Crippen LogP contribution in [-0.2, 0) is 9.59 Å². The Morgan fingerprint density at radius 2 is 2.07 bits per heavy atom. The van der Waals surface area contributed by atoms with Gasteiger partial charge in [-0.25, -0.2) is 0 Å². The number of rotatable bonds is 3. The van der Waals surface area contributed by atoms with Crippen molar-refractivity contribution in [3.05, 3.63) is 12.2 Å². The largest absolute Gasteiger partial charge is 0.481 e. The van der Waals surface area contributed by atoms with Gasteiger partial charge in [0.1, 0.15) is 11.7 Å². The highest BCUT2D eigenvalue weighted by atomic mass is 16.4. The predicted molar refractivity (Wildman–Crippen MR) is 50.7 cm³/mol. The van der Waals surface area contributed by atoms with E-state index in [4.69, 9.17) is 5.11 Å². The average molecular weight is 194 g/mol. The van der Waals surface area contributed by atoms with Gasteiger partial charge >= 0.3 is 5.97 Å². The summed E-state index contributed by atoms with van der Waals surface area (Å²) >= 11 is 0. The van der Waals surface area contributed by atoms with Crippen LogP contribution in [0.15, 0.2) is 12.2 Å². The molecule has 0 spiro atoms. The molecule has 4 atom stereocenters. The molecule has 0 aromatic carbocycles. The number of carbonyl (C=O) groups excluding carboxylic acids is 1. The first-order valence-electron chi connectivity index (χ1n) is 5.04. The number of Topliss-reactive ketones (excluding diaryl/α,β-unsaturated/α-hetero) is 1. The van der Waals surface area contributed by atoms with E-state index in [1.54, 1.807) is 0 Å². The summed E-state index contributed by atoms with van der Waals surface area (Å²) in [5.41, 5.74) is 0. The fraction of sp³-hybridized carbons (Fsp3) is 0.636. The standard InChI is InChI=1S/C11H14O3/c1-6(11(13)14)10(12)9-5-7-2-3-8(9)4-7/h2-3,6-9H,4-5H2,1H3,(H,13,14). The molecule has 1 N–H and O–H groups in total. The number of carboxylic acids is 1. The van der Waals surface area contributed by atoms with Gasteiger partial charge in [0.2, 0.25) is 0 Å². The molecule has 4 unspecified atom stereocenters. The van der Waals surface area contributed by atoms with Crippen LogP contribution in [0, 0.1) is 23.7 Å². The Kier molecular flexibility index (Phi) is 2.17. The van der Waals surface area contributed by atoms with Gasteiger partial charge in [0, 0.05) is 5.92 Å². The fourth-order valence-corrected chi connectivity index (χ4v) is 2.55. The minimum atomic E-state index is -0.998. The average Bonchev–Trinajstić information content (AvgIpc) is 2.76. The van der Waals surface area contributed by atoms with E-state index in [2.05, 4.69) is 12.2 Å². The molecule has 2 aliphatic rings. The Balaban J connectivity index is 2.06. The van der Waals surface area contributed by atoms with E-state index < -0.39 is 11.9 Å². The maximum atomic E-state index is 11.8. The van der Waals surface area contributed by atoms with Crippen LogP contribution < -0.4 is 0 Å². The number of fused-ring (bicyclic) bond motifs is 2. The summed E-state index contributed by atoms with van der Waals surface area (Å²) in [7, 11) is 0. The first kappa shape index (κ1) is 9.44. The van der Waals surface area contributed by atoms with Crippen molar-refractivity contribution in [1.82, 2.24) is 0 Å². The molecule has 76 valence electrons. The number of carboxylic acid groups (broad SMARTS) is 1. The summed E-state index contributed by atoms with van der Waals surface area (Å²) in [6.45, 7) is 1.49. The molecule has 0 aromatic rings. The Morgan fingerprint density at radius 3 is 2.50 bits per heavy atom. The molecule has 0 heterocycles. The molecular weight excluding hydrogens is 180 g/mol. The minimum absolute atomic E-state index is 0.0314.